The average molecular weight is 212 g/mol. The van der Waals surface area contributed by atoms with Gasteiger partial charge in [0.2, 0.25) is 0 Å². The van der Waals surface area contributed by atoms with Crippen molar-refractivity contribution < 1.29 is 10.2 Å². The molecule has 0 bridgehead atoms. The summed E-state index contributed by atoms with van der Waals surface area (Å²) in [6.45, 7) is 0.0270. The van der Waals surface area contributed by atoms with Crippen molar-refractivity contribution in [2.75, 3.05) is 24.7 Å². The van der Waals surface area contributed by atoms with Gasteiger partial charge in [0.05, 0.1) is 13.2 Å². The Hall–Kier alpha value is 0.540. The summed E-state index contributed by atoms with van der Waals surface area (Å²) in [6.07, 6.45) is 0. The van der Waals surface area contributed by atoms with Crippen LogP contribution in [-0.4, -0.2) is 47.0 Å². The highest BCUT2D eigenvalue weighted by Crippen LogP contribution is 2.21. The molecule has 0 rings (SSSR count). The third kappa shape index (κ3) is 7.20. The topological polar surface area (TPSA) is 92.5 Å². The summed E-state index contributed by atoms with van der Waals surface area (Å²) in [4.78, 5) is 0. The quantitative estimate of drug-likeness (QED) is 0.320. The molecule has 0 aliphatic carbocycles. The van der Waals surface area contributed by atoms with E-state index in [4.69, 9.17) is 21.7 Å². The van der Waals surface area contributed by atoms with Gasteiger partial charge in [-0.3, -0.25) is 0 Å². The molecule has 74 valence electrons. The molecule has 0 heterocycles. The molecule has 0 aromatic rings. The summed E-state index contributed by atoms with van der Waals surface area (Å²) < 4.78 is 0. The lowest BCUT2D eigenvalue weighted by atomic mass is 10.4. The normalized spacial score (nSPS) is 16.0. The van der Waals surface area contributed by atoms with Crippen LogP contribution in [0.5, 0.6) is 0 Å². The molecule has 2 atom stereocenters. The Kier molecular flexibility index (Phi) is 8.52. The molecule has 0 aliphatic rings. The Labute approximate surface area is 80.5 Å². The Balaban J connectivity index is 3.10. The number of aliphatic hydroxyl groups is 2. The van der Waals surface area contributed by atoms with E-state index in [9.17, 15) is 0 Å². The van der Waals surface area contributed by atoms with E-state index >= 15 is 0 Å². The van der Waals surface area contributed by atoms with Crippen LogP contribution in [0.3, 0.4) is 0 Å². The Morgan fingerprint density at radius 2 is 1.25 bits per heavy atom. The van der Waals surface area contributed by atoms with Gasteiger partial charge in [0, 0.05) is 23.6 Å². The highest BCUT2D eigenvalue weighted by atomic mass is 33.1. The molecule has 0 saturated heterocycles. The van der Waals surface area contributed by atoms with Crippen molar-refractivity contribution in [1.29, 1.82) is 0 Å². The first kappa shape index (κ1) is 12.5. The van der Waals surface area contributed by atoms with Crippen LogP contribution in [0.15, 0.2) is 0 Å². The number of hydrogen-bond acceptors (Lipinski definition) is 6. The number of rotatable bonds is 7. The lowest BCUT2D eigenvalue weighted by molar-refractivity contribution is 0.275. The fourth-order valence-corrected chi connectivity index (χ4v) is 2.76. The highest BCUT2D eigenvalue weighted by molar-refractivity contribution is 8.76. The smallest absolute Gasteiger partial charge is 0.0590 e. The molecule has 12 heavy (non-hydrogen) atoms. The summed E-state index contributed by atoms with van der Waals surface area (Å²) in [5.41, 5.74) is 10.9. The number of aliphatic hydroxyl groups excluding tert-OH is 2. The fraction of sp³-hybridized carbons (Fsp3) is 1.00. The van der Waals surface area contributed by atoms with Crippen molar-refractivity contribution in [3.8, 4) is 0 Å². The summed E-state index contributed by atoms with van der Waals surface area (Å²) in [7, 11) is 3.14. The van der Waals surface area contributed by atoms with E-state index in [1.165, 1.54) is 0 Å². The summed E-state index contributed by atoms with van der Waals surface area (Å²) in [5.74, 6) is 1.42. The van der Waals surface area contributed by atoms with Crippen LogP contribution in [0.25, 0.3) is 0 Å². The van der Waals surface area contributed by atoms with Crippen LogP contribution >= 0.6 is 21.6 Å². The van der Waals surface area contributed by atoms with E-state index in [2.05, 4.69) is 0 Å². The zero-order valence-electron chi connectivity index (χ0n) is 6.85. The van der Waals surface area contributed by atoms with Crippen molar-refractivity contribution in [2.45, 2.75) is 12.1 Å². The standard InChI is InChI=1S/C6H16N2O2S2/c7-5(1-9)3-11-12-4-6(8)2-10/h5-6,9-10H,1-4,7-8H2/t5-,6-/m1/s1. The van der Waals surface area contributed by atoms with Crippen LogP contribution in [0.1, 0.15) is 0 Å². The molecular weight excluding hydrogens is 196 g/mol. The second-order valence-electron chi connectivity index (χ2n) is 2.45. The molecule has 0 radical (unpaired) electrons. The third-order valence-electron chi connectivity index (χ3n) is 1.12. The molecule has 6 heteroatoms. The maximum atomic E-state index is 8.58. The number of hydrogen-bond donors (Lipinski definition) is 4. The first-order valence-electron chi connectivity index (χ1n) is 3.68. The summed E-state index contributed by atoms with van der Waals surface area (Å²) in [6, 6.07) is -0.319. The predicted molar refractivity (Wildman–Crippen MR) is 55.0 cm³/mol. The van der Waals surface area contributed by atoms with Gasteiger partial charge >= 0.3 is 0 Å². The van der Waals surface area contributed by atoms with Gasteiger partial charge in [0.15, 0.2) is 0 Å². The fourth-order valence-electron chi connectivity index (χ4n) is 0.376. The molecule has 0 fully saturated rings. The molecule has 0 spiro atoms. The van der Waals surface area contributed by atoms with E-state index in [1.54, 1.807) is 21.6 Å². The molecule has 0 amide bonds. The van der Waals surface area contributed by atoms with Crippen LogP contribution in [0.4, 0.5) is 0 Å². The van der Waals surface area contributed by atoms with Crippen LogP contribution in [0.2, 0.25) is 0 Å². The van der Waals surface area contributed by atoms with Crippen molar-refractivity contribution in [1.82, 2.24) is 0 Å². The Morgan fingerprint density at radius 3 is 1.50 bits per heavy atom. The van der Waals surface area contributed by atoms with Crippen molar-refractivity contribution in [2.24, 2.45) is 11.5 Å². The van der Waals surface area contributed by atoms with Crippen molar-refractivity contribution in [3.05, 3.63) is 0 Å². The molecule has 0 aliphatic heterocycles. The van der Waals surface area contributed by atoms with E-state index in [0.717, 1.165) is 0 Å². The SMILES string of the molecule is N[C@H](CO)CSSC[C@H](N)CO. The second kappa shape index (κ2) is 8.15. The monoisotopic (exact) mass is 212 g/mol. The molecule has 0 aromatic heterocycles. The highest BCUT2D eigenvalue weighted by Gasteiger charge is 2.03. The first-order valence-corrected chi connectivity index (χ1v) is 6.16. The zero-order chi connectivity index (χ0) is 9.40. The van der Waals surface area contributed by atoms with Gasteiger partial charge in [-0.1, -0.05) is 21.6 Å². The molecule has 0 aromatic carbocycles. The maximum Gasteiger partial charge on any atom is 0.0590 e. The first-order chi connectivity index (χ1) is 5.70. The molecule has 4 nitrogen and oxygen atoms in total. The lowest BCUT2D eigenvalue weighted by Crippen LogP contribution is -2.28. The Bertz CT molecular complexity index is 95.5. The van der Waals surface area contributed by atoms with E-state index in [1.807, 2.05) is 0 Å². The summed E-state index contributed by atoms with van der Waals surface area (Å²) >= 11 is 0. The minimum absolute atomic E-state index is 0.0135. The minimum atomic E-state index is -0.159. The van der Waals surface area contributed by atoms with Gasteiger partial charge in [0.25, 0.3) is 0 Å². The van der Waals surface area contributed by atoms with E-state index in [0.29, 0.717) is 11.5 Å². The van der Waals surface area contributed by atoms with E-state index in [-0.39, 0.29) is 25.3 Å². The van der Waals surface area contributed by atoms with Crippen LogP contribution in [0, 0.1) is 0 Å². The Morgan fingerprint density at radius 1 is 0.917 bits per heavy atom. The van der Waals surface area contributed by atoms with E-state index < -0.39 is 0 Å². The van der Waals surface area contributed by atoms with Gasteiger partial charge in [-0.25, -0.2) is 0 Å². The third-order valence-corrected chi connectivity index (χ3v) is 3.73. The predicted octanol–water partition coefficient (Wildman–Crippen LogP) is -0.993. The van der Waals surface area contributed by atoms with Crippen LogP contribution in [-0.2, 0) is 0 Å². The molecule has 6 N–H and O–H groups in total. The summed E-state index contributed by atoms with van der Waals surface area (Å²) in [5, 5.41) is 17.2. The molecule has 0 saturated carbocycles. The lowest BCUT2D eigenvalue weighted by Gasteiger charge is -2.08. The van der Waals surface area contributed by atoms with Gasteiger partial charge in [0.1, 0.15) is 0 Å². The van der Waals surface area contributed by atoms with Gasteiger partial charge in [-0.2, -0.15) is 0 Å². The second-order valence-corrected chi connectivity index (χ2v) is 5.01. The molecule has 0 unspecified atom stereocenters. The van der Waals surface area contributed by atoms with Crippen LogP contribution < -0.4 is 11.5 Å². The van der Waals surface area contributed by atoms with Gasteiger partial charge in [-0.15, -0.1) is 0 Å². The van der Waals surface area contributed by atoms with Gasteiger partial charge < -0.3 is 21.7 Å². The van der Waals surface area contributed by atoms with Gasteiger partial charge in [-0.05, 0) is 0 Å². The van der Waals surface area contributed by atoms with Crippen molar-refractivity contribution in [3.63, 3.8) is 0 Å². The maximum absolute atomic E-state index is 8.58. The molecular formula is C6H16N2O2S2. The minimum Gasteiger partial charge on any atom is -0.395 e. The van der Waals surface area contributed by atoms with Crippen molar-refractivity contribution >= 4 is 21.6 Å². The number of nitrogens with two attached hydrogens (primary N) is 2. The zero-order valence-corrected chi connectivity index (χ0v) is 8.48. The largest absolute Gasteiger partial charge is 0.395 e. The average Bonchev–Trinajstić information content (AvgIpc) is 2.11.